The van der Waals surface area contributed by atoms with Crippen molar-refractivity contribution in [1.82, 2.24) is 5.32 Å². The van der Waals surface area contributed by atoms with Gasteiger partial charge in [0.1, 0.15) is 12.6 Å². The van der Waals surface area contributed by atoms with Crippen molar-refractivity contribution in [1.29, 1.82) is 5.26 Å². The molecule has 6 heteroatoms. The first-order chi connectivity index (χ1) is 7.06. The Labute approximate surface area is 87.8 Å². The largest absolute Gasteiger partial charge is 0.467 e. The highest BCUT2D eigenvalue weighted by molar-refractivity contribution is 5.85. The summed E-state index contributed by atoms with van der Waals surface area (Å²) >= 11 is 0. The van der Waals surface area contributed by atoms with Crippen LogP contribution in [0.5, 0.6) is 0 Å². The number of esters is 1. The summed E-state index contributed by atoms with van der Waals surface area (Å²) in [6.07, 6.45) is 0.117. The first kappa shape index (κ1) is 13.4. The van der Waals surface area contributed by atoms with Crippen molar-refractivity contribution in [3.05, 3.63) is 0 Å². The minimum Gasteiger partial charge on any atom is -0.467 e. The smallest absolute Gasteiger partial charge is 0.328 e. The van der Waals surface area contributed by atoms with Crippen LogP contribution in [0.2, 0.25) is 0 Å². The molecule has 0 rings (SSSR count). The van der Waals surface area contributed by atoms with Crippen molar-refractivity contribution in [2.75, 3.05) is 13.7 Å². The fourth-order valence-electron chi connectivity index (χ4n) is 1.04. The van der Waals surface area contributed by atoms with Crippen LogP contribution < -0.4 is 5.32 Å². The highest BCUT2D eigenvalue weighted by Crippen LogP contribution is 2.08. The summed E-state index contributed by atoms with van der Waals surface area (Å²) in [6.45, 7) is 0.940. The van der Waals surface area contributed by atoms with E-state index >= 15 is 0 Å². The number of rotatable bonds is 5. The number of nitriles is 1. The molecule has 0 spiro atoms. The SMILES string of the molecule is COC(=O)[C@@H](NC(=O)CO)[C@@H](C)CC#N. The zero-order chi connectivity index (χ0) is 11.8. The number of hydrogen-bond donors (Lipinski definition) is 2. The lowest BCUT2D eigenvalue weighted by atomic mass is 9.99. The molecule has 0 saturated heterocycles. The molecule has 84 valence electrons. The summed E-state index contributed by atoms with van der Waals surface area (Å²) in [5, 5.41) is 19.3. The number of carbonyl (C=O) groups excluding carboxylic acids is 2. The molecule has 2 atom stereocenters. The Balaban J connectivity index is 4.51. The second-order valence-corrected chi connectivity index (χ2v) is 3.07. The molecule has 15 heavy (non-hydrogen) atoms. The fourth-order valence-corrected chi connectivity index (χ4v) is 1.04. The van der Waals surface area contributed by atoms with Crippen molar-refractivity contribution in [3.8, 4) is 6.07 Å². The molecule has 6 nitrogen and oxygen atoms in total. The Morgan fingerprint density at radius 1 is 1.60 bits per heavy atom. The normalized spacial score (nSPS) is 13.5. The lowest BCUT2D eigenvalue weighted by molar-refractivity contribution is -0.146. The van der Waals surface area contributed by atoms with Crippen molar-refractivity contribution >= 4 is 11.9 Å². The highest BCUT2D eigenvalue weighted by Gasteiger charge is 2.27. The number of aliphatic hydroxyl groups excluding tert-OH is 1. The van der Waals surface area contributed by atoms with Gasteiger partial charge in [0.15, 0.2) is 0 Å². The van der Waals surface area contributed by atoms with Crippen molar-refractivity contribution in [3.63, 3.8) is 0 Å². The maximum atomic E-state index is 11.3. The quantitative estimate of drug-likeness (QED) is 0.583. The van der Waals surface area contributed by atoms with E-state index in [0.717, 1.165) is 0 Å². The first-order valence-corrected chi connectivity index (χ1v) is 4.41. The van der Waals surface area contributed by atoms with Gasteiger partial charge in [-0.1, -0.05) is 6.92 Å². The van der Waals surface area contributed by atoms with Gasteiger partial charge in [-0.2, -0.15) is 5.26 Å². The number of nitrogens with zero attached hydrogens (tertiary/aromatic N) is 1. The second kappa shape index (κ2) is 6.79. The van der Waals surface area contributed by atoms with Crippen LogP contribution in [-0.2, 0) is 14.3 Å². The van der Waals surface area contributed by atoms with Gasteiger partial charge in [-0.15, -0.1) is 0 Å². The van der Waals surface area contributed by atoms with Crippen molar-refractivity contribution in [2.45, 2.75) is 19.4 Å². The molecular weight excluding hydrogens is 200 g/mol. The van der Waals surface area contributed by atoms with Gasteiger partial charge >= 0.3 is 5.97 Å². The third-order valence-corrected chi connectivity index (χ3v) is 1.90. The highest BCUT2D eigenvalue weighted by atomic mass is 16.5. The first-order valence-electron chi connectivity index (χ1n) is 4.41. The number of methoxy groups -OCH3 is 1. The number of carbonyl (C=O) groups is 2. The fraction of sp³-hybridized carbons (Fsp3) is 0.667. The minimum absolute atomic E-state index is 0.117. The molecule has 0 aliphatic heterocycles. The lowest BCUT2D eigenvalue weighted by Gasteiger charge is -2.20. The van der Waals surface area contributed by atoms with Crippen LogP contribution >= 0.6 is 0 Å². The Kier molecular flexibility index (Phi) is 6.06. The van der Waals surface area contributed by atoms with Gasteiger partial charge in [-0.25, -0.2) is 4.79 Å². The van der Waals surface area contributed by atoms with Crippen molar-refractivity contribution in [2.24, 2.45) is 5.92 Å². The molecule has 0 aliphatic rings. The summed E-state index contributed by atoms with van der Waals surface area (Å²) in [5.41, 5.74) is 0. The van der Waals surface area contributed by atoms with E-state index in [1.54, 1.807) is 6.92 Å². The molecule has 0 radical (unpaired) electrons. The van der Waals surface area contributed by atoms with Crippen LogP contribution in [0, 0.1) is 17.2 Å². The summed E-state index contributed by atoms with van der Waals surface area (Å²) in [6, 6.07) is 1.00. The Morgan fingerprint density at radius 2 is 2.20 bits per heavy atom. The van der Waals surface area contributed by atoms with Gasteiger partial charge in [0, 0.05) is 12.3 Å². The summed E-state index contributed by atoms with van der Waals surface area (Å²) in [7, 11) is 1.19. The molecule has 0 saturated carbocycles. The van der Waals surface area contributed by atoms with E-state index in [0.29, 0.717) is 0 Å². The monoisotopic (exact) mass is 214 g/mol. The maximum Gasteiger partial charge on any atom is 0.328 e. The van der Waals surface area contributed by atoms with E-state index in [-0.39, 0.29) is 12.3 Å². The number of aliphatic hydroxyl groups is 1. The second-order valence-electron chi connectivity index (χ2n) is 3.07. The Bertz CT molecular complexity index is 272. The molecule has 0 unspecified atom stereocenters. The van der Waals surface area contributed by atoms with E-state index in [1.165, 1.54) is 7.11 Å². The minimum atomic E-state index is -0.894. The van der Waals surface area contributed by atoms with Crippen molar-refractivity contribution < 1.29 is 19.4 Å². The lowest BCUT2D eigenvalue weighted by Crippen LogP contribution is -2.46. The standard InChI is InChI=1S/C9H14N2O4/c1-6(3-4-10)8(9(14)15-2)11-7(13)5-12/h6,8,12H,3,5H2,1-2H3,(H,11,13)/t6-,8-/m0/s1. The molecule has 0 aromatic heterocycles. The van der Waals surface area contributed by atoms with Gasteiger partial charge in [0.05, 0.1) is 13.2 Å². The predicted octanol–water partition coefficient (Wildman–Crippen LogP) is -0.814. The van der Waals surface area contributed by atoms with Crippen LogP contribution in [0.3, 0.4) is 0 Å². The topological polar surface area (TPSA) is 99.4 Å². The molecule has 0 aromatic carbocycles. The van der Waals surface area contributed by atoms with E-state index in [4.69, 9.17) is 10.4 Å². The molecule has 2 N–H and O–H groups in total. The maximum absolute atomic E-state index is 11.3. The third kappa shape index (κ3) is 4.42. The molecule has 0 bridgehead atoms. The van der Waals surface area contributed by atoms with E-state index in [9.17, 15) is 9.59 Å². The van der Waals surface area contributed by atoms with Gasteiger partial charge in [-0.05, 0) is 0 Å². The number of hydrogen-bond acceptors (Lipinski definition) is 5. The Hall–Kier alpha value is -1.61. The summed E-state index contributed by atoms with van der Waals surface area (Å²) in [4.78, 5) is 22.2. The van der Waals surface area contributed by atoms with Crippen LogP contribution in [0.4, 0.5) is 0 Å². The number of amides is 1. The average Bonchev–Trinajstić information content (AvgIpc) is 2.24. The Morgan fingerprint density at radius 3 is 2.60 bits per heavy atom. The van der Waals surface area contributed by atoms with E-state index in [1.807, 2.05) is 6.07 Å². The zero-order valence-electron chi connectivity index (χ0n) is 8.69. The summed E-state index contributed by atoms with van der Waals surface area (Å²) in [5.74, 6) is -1.66. The van der Waals surface area contributed by atoms with Gasteiger partial charge in [0.2, 0.25) is 5.91 Å². The van der Waals surface area contributed by atoms with Gasteiger partial charge < -0.3 is 15.2 Å². The molecule has 0 aliphatic carbocycles. The summed E-state index contributed by atoms with van der Waals surface area (Å²) < 4.78 is 4.48. The van der Waals surface area contributed by atoms with Crippen LogP contribution in [0.25, 0.3) is 0 Å². The van der Waals surface area contributed by atoms with Gasteiger partial charge in [0.25, 0.3) is 0 Å². The van der Waals surface area contributed by atoms with E-state index in [2.05, 4.69) is 10.1 Å². The average molecular weight is 214 g/mol. The molecule has 0 heterocycles. The van der Waals surface area contributed by atoms with Crippen LogP contribution in [-0.4, -0.2) is 36.7 Å². The molecule has 1 amide bonds. The van der Waals surface area contributed by atoms with Gasteiger partial charge in [-0.3, -0.25) is 4.79 Å². The third-order valence-electron chi connectivity index (χ3n) is 1.90. The number of ether oxygens (including phenoxy) is 1. The van der Waals surface area contributed by atoms with E-state index < -0.39 is 24.5 Å². The molecular formula is C9H14N2O4. The van der Waals surface area contributed by atoms with Crippen LogP contribution in [0.15, 0.2) is 0 Å². The molecule has 0 fully saturated rings. The number of nitrogens with one attached hydrogen (secondary N) is 1. The zero-order valence-corrected chi connectivity index (χ0v) is 8.69. The van der Waals surface area contributed by atoms with Crippen LogP contribution in [0.1, 0.15) is 13.3 Å². The molecule has 0 aromatic rings. The predicted molar refractivity (Wildman–Crippen MR) is 50.4 cm³/mol.